The van der Waals surface area contributed by atoms with Gasteiger partial charge in [-0.2, -0.15) is 0 Å². The van der Waals surface area contributed by atoms with Gasteiger partial charge in [-0.1, -0.05) is 37.6 Å². The van der Waals surface area contributed by atoms with Crippen molar-refractivity contribution in [2.45, 2.75) is 64.6 Å². The number of hydrogen-bond acceptors (Lipinski definition) is 8. The van der Waals surface area contributed by atoms with Crippen molar-refractivity contribution in [1.82, 2.24) is 19.8 Å². The molecule has 51 heavy (non-hydrogen) atoms. The van der Waals surface area contributed by atoms with Crippen molar-refractivity contribution in [2.24, 2.45) is 5.92 Å². The zero-order valence-corrected chi connectivity index (χ0v) is 30.9. The number of aromatic nitrogens is 2. The molecule has 0 aliphatic heterocycles. The molecule has 0 aliphatic rings. The van der Waals surface area contributed by atoms with Gasteiger partial charge in [0.2, 0.25) is 11.7 Å². The van der Waals surface area contributed by atoms with Crippen LogP contribution in [0.2, 0.25) is 5.02 Å². The van der Waals surface area contributed by atoms with Gasteiger partial charge in [0.25, 0.3) is 11.7 Å². The topological polar surface area (TPSA) is 111 Å². The summed E-state index contributed by atoms with van der Waals surface area (Å²) in [6.07, 6.45) is 10.2. The highest BCUT2D eigenvalue weighted by Crippen LogP contribution is 2.38. The van der Waals surface area contributed by atoms with E-state index in [0.29, 0.717) is 36.6 Å². The molecule has 2 aromatic heterocycles. The molecular weight excluding hydrogens is 668 g/mol. The molecule has 0 bridgehead atoms. The molecule has 0 saturated carbocycles. The van der Waals surface area contributed by atoms with E-state index in [9.17, 15) is 9.59 Å². The van der Waals surface area contributed by atoms with Crippen LogP contribution < -0.4 is 14.2 Å². The largest absolute Gasteiger partial charge is 0.493 e. The number of carbonyl (C=O) groups is 3. The number of likely N-dealkylation sites (N-methyl/N-ethyl adjacent to an activating group) is 1. The number of ether oxygens (including phenoxy) is 3. The van der Waals surface area contributed by atoms with Crippen LogP contribution >= 0.6 is 11.6 Å². The average Bonchev–Trinajstić information content (AvgIpc) is 3.15. The number of nitrogens with zero attached hydrogens (tertiary/aromatic N) is 4. The minimum Gasteiger partial charge on any atom is -0.493 e. The Morgan fingerprint density at radius 1 is 0.745 bits per heavy atom. The normalized spacial score (nSPS) is 11.6. The van der Waals surface area contributed by atoms with Crippen molar-refractivity contribution in [1.29, 1.82) is 0 Å². The highest BCUT2D eigenvalue weighted by Gasteiger charge is 2.37. The van der Waals surface area contributed by atoms with Gasteiger partial charge < -0.3 is 24.0 Å². The van der Waals surface area contributed by atoms with Gasteiger partial charge in [0, 0.05) is 55.0 Å². The van der Waals surface area contributed by atoms with Crippen molar-refractivity contribution in [3.63, 3.8) is 0 Å². The summed E-state index contributed by atoms with van der Waals surface area (Å²) < 4.78 is 16.2. The second-order valence-electron chi connectivity index (χ2n) is 12.8. The van der Waals surface area contributed by atoms with Crippen LogP contribution in [-0.2, 0) is 29.0 Å². The third-order valence-corrected chi connectivity index (χ3v) is 9.16. The second-order valence-corrected chi connectivity index (χ2v) is 13.3. The Morgan fingerprint density at radius 3 is 1.71 bits per heavy atom. The fraction of sp³-hybridized carbons (Fsp3) is 0.375. The van der Waals surface area contributed by atoms with Crippen molar-refractivity contribution in [3.05, 3.63) is 113 Å². The van der Waals surface area contributed by atoms with Crippen LogP contribution in [-0.4, -0.2) is 77.8 Å². The highest BCUT2D eigenvalue weighted by molar-refractivity contribution is 6.43. The Kier molecular flexibility index (Phi) is 14.4. The van der Waals surface area contributed by atoms with E-state index in [1.807, 2.05) is 55.1 Å². The Morgan fingerprint density at radius 2 is 1.25 bits per heavy atom. The lowest BCUT2D eigenvalue weighted by molar-refractivity contribution is -0.145. The van der Waals surface area contributed by atoms with E-state index in [1.54, 1.807) is 36.9 Å². The highest BCUT2D eigenvalue weighted by atomic mass is 35.5. The third kappa shape index (κ3) is 10.5. The molecule has 4 aromatic rings. The van der Waals surface area contributed by atoms with Crippen LogP contribution in [0.3, 0.4) is 0 Å². The third-order valence-electron chi connectivity index (χ3n) is 8.91. The van der Waals surface area contributed by atoms with E-state index in [4.69, 9.17) is 25.8 Å². The smallest absolute Gasteiger partial charge is 0.295 e. The van der Waals surface area contributed by atoms with Gasteiger partial charge in [0.15, 0.2) is 11.5 Å². The minimum absolute atomic E-state index is 0.0370. The number of hydrogen-bond donors (Lipinski definition) is 0. The minimum atomic E-state index is -0.917. The number of pyridine rings is 2. The fourth-order valence-corrected chi connectivity index (χ4v) is 6.22. The lowest BCUT2D eigenvalue weighted by atomic mass is 9.95. The van der Waals surface area contributed by atoms with Crippen LogP contribution in [0.4, 0.5) is 0 Å². The lowest BCUT2D eigenvalue weighted by Crippen LogP contribution is -2.54. The predicted octanol–water partition coefficient (Wildman–Crippen LogP) is 6.87. The van der Waals surface area contributed by atoms with E-state index in [2.05, 4.69) is 9.97 Å². The van der Waals surface area contributed by atoms with Crippen molar-refractivity contribution in [3.8, 4) is 17.2 Å². The van der Waals surface area contributed by atoms with Crippen LogP contribution in [0.1, 0.15) is 60.2 Å². The van der Waals surface area contributed by atoms with E-state index in [1.165, 1.54) is 45.4 Å². The summed E-state index contributed by atoms with van der Waals surface area (Å²) in [6, 6.07) is 17.1. The summed E-state index contributed by atoms with van der Waals surface area (Å²) in [7, 11) is 5.85. The number of rotatable bonds is 18. The first-order valence-electron chi connectivity index (χ1n) is 17.0. The van der Waals surface area contributed by atoms with E-state index >= 15 is 4.79 Å². The van der Waals surface area contributed by atoms with Gasteiger partial charge in [-0.25, -0.2) is 0 Å². The standard InChI is InChI=1S/C40H47ClN4O6/c1-27(2)23-34(44(3)40(48)37(46)31-24-35(49-4)38(51-6)36(25-31)50-5)39(47)45(26-30-7-11-32(41)12-8-30)33(13-9-28-15-19-42-20-16-28)14-10-29-17-21-43-22-18-29/h7-8,11-12,15-22,24-25,27,33-34H,9-10,13-14,23,26H2,1-6H3/t34-/m0/s1. The number of Topliss-reactive ketones (excluding diaryl/α,β-unsaturated/α-hetero) is 1. The number of amides is 2. The van der Waals surface area contributed by atoms with Crippen LogP contribution in [0, 0.1) is 5.92 Å². The summed E-state index contributed by atoms with van der Waals surface area (Å²) in [5.74, 6) is -1.03. The van der Waals surface area contributed by atoms with Crippen molar-refractivity contribution < 1.29 is 28.6 Å². The fourth-order valence-electron chi connectivity index (χ4n) is 6.09. The number of benzene rings is 2. The molecule has 0 saturated heterocycles. The number of ketones is 1. The molecule has 0 fully saturated rings. The molecule has 11 heteroatoms. The summed E-state index contributed by atoms with van der Waals surface area (Å²) in [5, 5.41) is 0.594. The number of carbonyl (C=O) groups excluding carboxylic acids is 3. The molecule has 4 rings (SSSR count). The molecule has 0 radical (unpaired) electrons. The predicted molar refractivity (Wildman–Crippen MR) is 197 cm³/mol. The second kappa shape index (κ2) is 18.9. The maximum absolute atomic E-state index is 15.0. The van der Waals surface area contributed by atoms with E-state index < -0.39 is 17.7 Å². The average molecular weight is 715 g/mol. The molecule has 2 aromatic carbocycles. The zero-order chi connectivity index (χ0) is 36.9. The van der Waals surface area contributed by atoms with Crippen molar-refractivity contribution in [2.75, 3.05) is 28.4 Å². The lowest BCUT2D eigenvalue weighted by Gasteiger charge is -2.38. The monoisotopic (exact) mass is 714 g/mol. The quantitative estimate of drug-likeness (QED) is 0.0811. The van der Waals surface area contributed by atoms with Gasteiger partial charge in [-0.15, -0.1) is 0 Å². The Labute approximate surface area is 305 Å². The maximum atomic E-state index is 15.0. The molecule has 0 unspecified atom stereocenters. The van der Waals surface area contributed by atoms with Crippen LogP contribution in [0.5, 0.6) is 17.2 Å². The molecule has 1 atom stereocenters. The molecule has 0 aliphatic carbocycles. The van der Waals surface area contributed by atoms with E-state index in [-0.39, 0.29) is 34.9 Å². The first kappa shape index (κ1) is 38.8. The van der Waals surface area contributed by atoms with Gasteiger partial charge in [0.05, 0.1) is 21.3 Å². The molecule has 10 nitrogen and oxygen atoms in total. The molecule has 270 valence electrons. The SMILES string of the molecule is COc1cc(C(=O)C(=O)N(C)[C@@H](CC(C)C)C(=O)N(Cc2ccc(Cl)cc2)C(CCc2ccncc2)CCc2ccncc2)cc(OC)c1OC. The van der Waals surface area contributed by atoms with Gasteiger partial charge in [0.1, 0.15) is 6.04 Å². The van der Waals surface area contributed by atoms with Gasteiger partial charge in [-0.3, -0.25) is 24.4 Å². The van der Waals surface area contributed by atoms with Gasteiger partial charge in [-0.05, 0) is 103 Å². The summed E-state index contributed by atoms with van der Waals surface area (Å²) >= 11 is 6.24. The number of aryl methyl sites for hydroxylation is 2. The van der Waals surface area contributed by atoms with Crippen LogP contribution in [0.25, 0.3) is 0 Å². The molecular formula is C40H47ClN4O6. The maximum Gasteiger partial charge on any atom is 0.295 e. The molecule has 0 N–H and O–H groups in total. The summed E-state index contributed by atoms with van der Waals surface area (Å²) in [4.78, 5) is 54.3. The van der Waals surface area contributed by atoms with E-state index in [0.717, 1.165) is 29.5 Å². The first-order chi connectivity index (χ1) is 24.6. The Bertz CT molecular complexity index is 1670. The van der Waals surface area contributed by atoms with Crippen LogP contribution in [0.15, 0.2) is 85.5 Å². The molecule has 2 amide bonds. The summed E-state index contributed by atoms with van der Waals surface area (Å²) in [5.41, 5.74) is 3.18. The zero-order valence-electron chi connectivity index (χ0n) is 30.2. The van der Waals surface area contributed by atoms with Crippen molar-refractivity contribution >= 4 is 29.2 Å². The number of halogens is 1. The Balaban J connectivity index is 1.72. The number of methoxy groups -OCH3 is 3. The Hall–Kier alpha value is -4.96. The van der Waals surface area contributed by atoms with Gasteiger partial charge >= 0.3 is 0 Å². The molecule has 0 spiro atoms. The summed E-state index contributed by atoms with van der Waals surface area (Å²) in [6.45, 7) is 4.28. The molecule has 2 heterocycles. The first-order valence-corrected chi connectivity index (χ1v) is 17.4.